The summed E-state index contributed by atoms with van der Waals surface area (Å²) in [7, 11) is 2.10. The molecule has 0 spiro atoms. The van der Waals surface area contributed by atoms with Gasteiger partial charge in [-0.1, -0.05) is 39.0 Å². The monoisotopic (exact) mass is 731 g/mol. The molecule has 6 heteroatoms. The molecule has 212 valence electrons. The molecule has 1 aliphatic heterocycles. The number of aromatic nitrogens is 3. The Kier molecular flexibility index (Phi) is 6.51. The fourth-order valence-corrected chi connectivity index (χ4v) is 6.61. The van der Waals surface area contributed by atoms with E-state index in [2.05, 4.69) is 158 Å². The van der Waals surface area contributed by atoms with Crippen molar-refractivity contribution in [2.75, 3.05) is 4.90 Å². The molecule has 0 atom stereocenters. The number of rotatable bonds is 4. The molecule has 0 bridgehead atoms. The molecule has 0 N–H and O–H groups in total. The maximum atomic E-state index is 6.55. The average Bonchev–Trinajstić information content (AvgIpc) is 3.26. The summed E-state index contributed by atoms with van der Waals surface area (Å²) in [6.07, 6.45) is 1.92. The number of anilines is 2. The Labute approximate surface area is 257 Å². The van der Waals surface area contributed by atoms with E-state index in [1.165, 1.54) is 27.8 Å². The van der Waals surface area contributed by atoms with Crippen molar-refractivity contribution in [1.82, 2.24) is 14.1 Å². The van der Waals surface area contributed by atoms with Gasteiger partial charge in [0.1, 0.15) is 0 Å². The average molecular weight is 732 g/mol. The molecular weight excluding hydrogens is 700 g/mol. The molecule has 42 heavy (non-hydrogen) atoms. The Morgan fingerprint density at radius 3 is 2.36 bits per heavy atom. The van der Waals surface area contributed by atoms with Gasteiger partial charge in [0, 0.05) is 6.20 Å². The zero-order chi connectivity index (χ0) is 29.0. The Hall–Kier alpha value is -4.21. The number of imidazole rings is 1. The molecule has 0 saturated carbocycles. The predicted molar refractivity (Wildman–Crippen MR) is 166 cm³/mol. The fourth-order valence-electron chi connectivity index (χ4n) is 5.77. The van der Waals surface area contributed by atoms with Gasteiger partial charge in [0.15, 0.2) is 0 Å². The van der Waals surface area contributed by atoms with Crippen LogP contribution in [0.1, 0.15) is 31.9 Å². The molecule has 0 radical (unpaired) electrons. The van der Waals surface area contributed by atoms with Crippen molar-refractivity contribution in [2.24, 2.45) is 7.05 Å². The molecule has 5 nitrogen and oxygen atoms in total. The summed E-state index contributed by atoms with van der Waals surface area (Å²) in [5.41, 5.74) is 9.53. The van der Waals surface area contributed by atoms with Crippen molar-refractivity contribution in [3.63, 3.8) is 0 Å². The van der Waals surface area contributed by atoms with Crippen LogP contribution in [0.4, 0.5) is 11.5 Å². The van der Waals surface area contributed by atoms with Gasteiger partial charge in [-0.05, 0) is 17.0 Å². The van der Waals surface area contributed by atoms with Crippen LogP contribution in [-0.2, 0) is 38.4 Å². The van der Waals surface area contributed by atoms with E-state index < -0.39 is 0 Å². The first-order valence-corrected chi connectivity index (χ1v) is 15.3. The SMILES string of the molecule is Cn1[c](=[Pt])n(-c2cccc(Oc3ccc4c(c3)N(c3cc(C(C)(C)C)ccn3)Cc3ccccc3-4)c2)c2ccccc21. The third kappa shape index (κ3) is 4.62. The van der Waals surface area contributed by atoms with E-state index in [0.717, 1.165) is 44.6 Å². The summed E-state index contributed by atoms with van der Waals surface area (Å²) in [4.78, 5) is 7.13. The summed E-state index contributed by atoms with van der Waals surface area (Å²) in [6, 6.07) is 36.1. The number of hydrogen-bond donors (Lipinski definition) is 0. The first-order chi connectivity index (χ1) is 20.3. The number of hydrogen-bond acceptors (Lipinski definition) is 3. The normalized spacial score (nSPS) is 12.8. The topological polar surface area (TPSA) is 35.2 Å². The molecule has 0 amide bonds. The molecule has 7 rings (SSSR count). The third-order valence-electron chi connectivity index (χ3n) is 8.01. The van der Waals surface area contributed by atoms with Crippen molar-refractivity contribution < 1.29 is 24.1 Å². The van der Waals surface area contributed by atoms with Crippen LogP contribution >= 0.6 is 0 Å². The molecule has 1 aliphatic rings. The molecule has 0 unspecified atom stereocenters. The molecule has 0 aliphatic carbocycles. The predicted octanol–water partition coefficient (Wildman–Crippen LogP) is 8.85. The van der Waals surface area contributed by atoms with Gasteiger partial charge in [0.2, 0.25) is 0 Å². The van der Waals surface area contributed by atoms with Crippen molar-refractivity contribution in [3.8, 4) is 28.3 Å². The third-order valence-corrected chi connectivity index (χ3v) is 9.28. The minimum absolute atomic E-state index is 0.0319. The van der Waals surface area contributed by atoms with Crippen molar-refractivity contribution in [2.45, 2.75) is 32.7 Å². The zero-order valence-corrected chi connectivity index (χ0v) is 26.4. The quantitative estimate of drug-likeness (QED) is 0.182. The Morgan fingerprint density at radius 1 is 0.762 bits per heavy atom. The standard InChI is InChI=1S/C36H32N4O.Pt/c1-36(2,3)26-18-19-37-35(20-26)39-23-25-10-5-6-13-30(25)31-17-16-29(22-34(31)39)41-28-12-9-11-27(21-28)40-24-38(4)32-14-7-8-15-33(32)40;/h5-22H,23H2,1-4H3;. The van der Waals surface area contributed by atoms with Crippen LogP contribution in [0, 0.1) is 3.80 Å². The van der Waals surface area contributed by atoms with Gasteiger partial charge in [-0.15, -0.1) is 0 Å². The van der Waals surface area contributed by atoms with E-state index in [1.54, 1.807) is 0 Å². The molecule has 4 aromatic carbocycles. The fraction of sp³-hybridized carbons (Fsp3) is 0.167. The van der Waals surface area contributed by atoms with Crippen LogP contribution < -0.4 is 9.64 Å². The van der Waals surface area contributed by atoms with E-state index in [1.807, 2.05) is 12.3 Å². The van der Waals surface area contributed by atoms with Crippen LogP contribution in [-0.4, -0.2) is 14.1 Å². The molecule has 2 aromatic heterocycles. The van der Waals surface area contributed by atoms with Gasteiger partial charge >= 0.3 is 196 Å². The maximum absolute atomic E-state index is 6.55. The molecule has 6 aromatic rings. The summed E-state index contributed by atoms with van der Waals surface area (Å²) in [6.45, 7) is 7.47. The number of fused-ring (bicyclic) bond motifs is 4. The number of nitrogens with zero attached hydrogens (tertiary/aromatic N) is 4. The summed E-state index contributed by atoms with van der Waals surface area (Å²) in [5, 5.41) is 0. The molecule has 3 heterocycles. The van der Waals surface area contributed by atoms with E-state index in [-0.39, 0.29) is 5.41 Å². The summed E-state index contributed by atoms with van der Waals surface area (Å²) < 4.78 is 12.2. The van der Waals surface area contributed by atoms with Crippen LogP contribution in [0.2, 0.25) is 0 Å². The van der Waals surface area contributed by atoms with Gasteiger partial charge in [-0.2, -0.15) is 0 Å². The Bertz CT molecular complexity index is 2030. The van der Waals surface area contributed by atoms with Gasteiger partial charge in [0.25, 0.3) is 0 Å². The second-order valence-corrected chi connectivity index (χ2v) is 12.8. The summed E-state index contributed by atoms with van der Waals surface area (Å²) >= 11 is 2.39. The van der Waals surface area contributed by atoms with Gasteiger partial charge in [-0.3, -0.25) is 0 Å². The van der Waals surface area contributed by atoms with Crippen LogP contribution in [0.3, 0.4) is 0 Å². The number of aryl methyl sites for hydroxylation is 1. The van der Waals surface area contributed by atoms with Crippen LogP contribution in [0.25, 0.3) is 27.8 Å². The van der Waals surface area contributed by atoms with Crippen molar-refractivity contribution in [1.29, 1.82) is 0 Å². The second kappa shape index (κ2) is 10.3. The summed E-state index contributed by atoms with van der Waals surface area (Å²) in [5.74, 6) is 2.53. The number of para-hydroxylation sites is 2. The van der Waals surface area contributed by atoms with E-state index >= 15 is 0 Å². The number of ether oxygens (including phenoxy) is 1. The van der Waals surface area contributed by atoms with Crippen molar-refractivity contribution >= 4 is 22.5 Å². The van der Waals surface area contributed by atoms with Gasteiger partial charge in [-0.25, -0.2) is 0 Å². The van der Waals surface area contributed by atoms with Crippen molar-refractivity contribution in [3.05, 3.63) is 124 Å². The van der Waals surface area contributed by atoms with Gasteiger partial charge < -0.3 is 0 Å². The van der Waals surface area contributed by atoms with E-state index in [4.69, 9.17) is 9.72 Å². The Balaban J connectivity index is 1.29. The second-order valence-electron chi connectivity index (χ2n) is 11.8. The number of benzene rings is 4. The molecule has 0 saturated heterocycles. The number of pyridine rings is 1. The first kappa shape index (κ1) is 26.7. The van der Waals surface area contributed by atoms with E-state index in [0.29, 0.717) is 0 Å². The first-order valence-electron chi connectivity index (χ1n) is 14.1. The van der Waals surface area contributed by atoms with E-state index in [9.17, 15) is 0 Å². The zero-order valence-electron chi connectivity index (χ0n) is 24.1. The molecular formula is C36H32N4OPt. The van der Waals surface area contributed by atoms with Crippen LogP contribution in [0.5, 0.6) is 11.5 Å². The Morgan fingerprint density at radius 2 is 1.52 bits per heavy atom. The molecule has 0 fully saturated rings. The minimum atomic E-state index is 0.0319. The van der Waals surface area contributed by atoms with Gasteiger partial charge in [0.05, 0.1) is 0 Å². The van der Waals surface area contributed by atoms with Crippen LogP contribution in [0.15, 0.2) is 109 Å².